The normalized spacial score (nSPS) is 38.9. The first-order valence-corrected chi connectivity index (χ1v) is 5.10. The van der Waals surface area contributed by atoms with Gasteiger partial charge in [0, 0.05) is 24.4 Å². The average molecular weight is 167 g/mol. The van der Waals surface area contributed by atoms with Crippen LogP contribution >= 0.6 is 0 Å². The number of carbonyl (C=O) groups excluding carboxylic acids is 1. The molecule has 3 atom stereocenters. The quantitative estimate of drug-likeness (QED) is 0.690. The van der Waals surface area contributed by atoms with E-state index in [4.69, 9.17) is 0 Å². The van der Waals surface area contributed by atoms with Gasteiger partial charge in [-0.3, -0.25) is 4.79 Å². The van der Waals surface area contributed by atoms with Crippen molar-refractivity contribution in [3.63, 3.8) is 0 Å². The summed E-state index contributed by atoms with van der Waals surface area (Å²) in [6, 6.07) is 1.20. The Balaban J connectivity index is 1.93. The maximum absolute atomic E-state index is 11.6. The summed E-state index contributed by atoms with van der Waals surface area (Å²) in [6.07, 6.45) is 5.43. The summed E-state index contributed by atoms with van der Waals surface area (Å²) in [5.74, 6) is 0.862. The van der Waals surface area contributed by atoms with Crippen molar-refractivity contribution >= 4 is 5.78 Å². The molecule has 12 heavy (non-hydrogen) atoms. The Hall–Kier alpha value is -0.370. The molecule has 0 aromatic carbocycles. The number of ketones is 1. The van der Waals surface area contributed by atoms with Gasteiger partial charge in [0.25, 0.3) is 0 Å². The minimum atomic E-state index is 0.365. The molecule has 0 aromatic heterocycles. The molecule has 3 unspecified atom stereocenters. The van der Waals surface area contributed by atoms with Crippen LogP contribution in [-0.4, -0.2) is 17.9 Å². The predicted octanol–water partition coefficient (Wildman–Crippen LogP) is 1.50. The van der Waals surface area contributed by atoms with Crippen molar-refractivity contribution in [3.8, 4) is 0 Å². The fourth-order valence-electron chi connectivity index (χ4n) is 2.61. The van der Waals surface area contributed by atoms with Crippen LogP contribution in [0, 0.1) is 5.92 Å². The first-order valence-electron chi connectivity index (χ1n) is 5.10. The highest BCUT2D eigenvalue weighted by molar-refractivity contribution is 5.82. The number of fused-ring (bicyclic) bond motifs is 2. The van der Waals surface area contributed by atoms with Crippen LogP contribution in [0.2, 0.25) is 0 Å². The molecule has 2 aliphatic heterocycles. The summed E-state index contributed by atoms with van der Waals surface area (Å²) in [7, 11) is 0. The lowest BCUT2D eigenvalue weighted by Crippen LogP contribution is -2.28. The monoisotopic (exact) mass is 167 g/mol. The second-order valence-electron chi connectivity index (χ2n) is 4.11. The first-order chi connectivity index (χ1) is 5.81. The van der Waals surface area contributed by atoms with Crippen molar-refractivity contribution in [2.75, 3.05) is 0 Å². The molecule has 0 saturated carbocycles. The average Bonchev–Trinajstić information content (AvgIpc) is 2.64. The lowest BCUT2D eigenvalue weighted by molar-refractivity contribution is -0.123. The number of hydrogen-bond donors (Lipinski definition) is 1. The highest BCUT2D eigenvalue weighted by Gasteiger charge is 2.41. The molecule has 2 saturated heterocycles. The largest absolute Gasteiger partial charge is 0.310 e. The summed E-state index contributed by atoms with van der Waals surface area (Å²) in [5, 5.41) is 3.50. The SMILES string of the molecule is CCCC(=O)C1CC2CCC1N2. The summed E-state index contributed by atoms with van der Waals surface area (Å²) >= 11 is 0. The zero-order valence-corrected chi connectivity index (χ0v) is 7.68. The van der Waals surface area contributed by atoms with Crippen LogP contribution in [0.5, 0.6) is 0 Å². The maximum atomic E-state index is 11.6. The molecule has 0 aromatic rings. The number of nitrogens with one attached hydrogen (secondary N) is 1. The van der Waals surface area contributed by atoms with Gasteiger partial charge >= 0.3 is 0 Å². The third-order valence-electron chi connectivity index (χ3n) is 3.21. The molecule has 2 rings (SSSR count). The summed E-state index contributed by atoms with van der Waals surface area (Å²) < 4.78 is 0. The van der Waals surface area contributed by atoms with Crippen LogP contribution in [0.4, 0.5) is 0 Å². The van der Waals surface area contributed by atoms with Gasteiger partial charge in [-0.05, 0) is 25.7 Å². The van der Waals surface area contributed by atoms with Crippen molar-refractivity contribution < 1.29 is 4.79 Å². The fraction of sp³-hybridized carbons (Fsp3) is 0.900. The van der Waals surface area contributed by atoms with Crippen LogP contribution < -0.4 is 5.32 Å². The first kappa shape index (κ1) is 8.24. The van der Waals surface area contributed by atoms with E-state index in [9.17, 15) is 4.79 Å². The van der Waals surface area contributed by atoms with E-state index in [1.807, 2.05) is 0 Å². The van der Waals surface area contributed by atoms with Gasteiger partial charge in [0.05, 0.1) is 0 Å². The topological polar surface area (TPSA) is 29.1 Å². The maximum Gasteiger partial charge on any atom is 0.137 e. The number of Topliss-reactive ketones (excluding diaryl/α,β-unsaturated/α-hetero) is 1. The second kappa shape index (κ2) is 3.17. The number of hydrogen-bond acceptors (Lipinski definition) is 2. The molecule has 0 aliphatic carbocycles. The van der Waals surface area contributed by atoms with Gasteiger partial charge in [0.1, 0.15) is 5.78 Å². The number of rotatable bonds is 3. The van der Waals surface area contributed by atoms with Gasteiger partial charge in [-0.1, -0.05) is 6.92 Å². The molecule has 0 radical (unpaired) electrons. The molecule has 68 valence electrons. The number of carbonyl (C=O) groups is 1. The Morgan fingerprint density at radius 2 is 2.33 bits per heavy atom. The van der Waals surface area contributed by atoms with Crippen molar-refractivity contribution in [2.45, 2.75) is 51.1 Å². The van der Waals surface area contributed by atoms with E-state index >= 15 is 0 Å². The molecule has 2 nitrogen and oxygen atoms in total. The van der Waals surface area contributed by atoms with Crippen LogP contribution in [-0.2, 0) is 4.79 Å². The molecule has 2 bridgehead atoms. The Labute approximate surface area is 73.7 Å². The smallest absolute Gasteiger partial charge is 0.137 e. The van der Waals surface area contributed by atoms with Crippen LogP contribution in [0.25, 0.3) is 0 Å². The van der Waals surface area contributed by atoms with Crippen LogP contribution in [0.15, 0.2) is 0 Å². The minimum absolute atomic E-state index is 0.365. The Morgan fingerprint density at radius 3 is 2.83 bits per heavy atom. The molecule has 2 heterocycles. The third-order valence-corrected chi connectivity index (χ3v) is 3.21. The molecule has 1 N–H and O–H groups in total. The summed E-state index contributed by atoms with van der Waals surface area (Å²) in [5.41, 5.74) is 0. The van der Waals surface area contributed by atoms with E-state index in [-0.39, 0.29) is 0 Å². The zero-order chi connectivity index (χ0) is 8.55. The van der Waals surface area contributed by atoms with Gasteiger partial charge in [-0.15, -0.1) is 0 Å². The van der Waals surface area contributed by atoms with Crippen LogP contribution in [0.3, 0.4) is 0 Å². The van der Waals surface area contributed by atoms with E-state index in [1.165, 1.54) is 12.8 Å². The summed E-state index contributed by atoms with van der Waals surface area (Å²) in [4.78, 5) is 11.6. The second-order valence-corrected chi connectivity index (χ2v) is 4.11. The molecule has 2 aliphatic rings. The summed E-state index contributed by atoms with van der Waals surface area (Å²) in [6.45, 7) is 2.08. The van der Waals surface area contributed by atoms with Crippen LogP contribution in [0.1, 0.15) is 39.0 Å². The standard InChI is InChI=1S/C10H17NO/c1-2-3-10(12)8-6-7-4-5-9(8)11-7/h7-9,11H,2-6H2,1H3. The molecular formula is C10H17NO. The molecule has 0 spiro atoms. The zero-order valence-electron chi connectivity index (χ0n) is 7.68. The minimum Gasteiger partial charge on any atom is -0.310 e. The van der Waals surface area contributed by atoms with Gasteiger partial charge < -0.3 is 5.32 Å². The Kier molecular flexibility index (Phi) is 2.18. The molecule has 2 fully saturated rings. The van der Waals surface area contributed by atoms with E-state index < -0.39 is 0 Å². The molecule has 0 amide bonds. The van der Waals surface area contributed by atoms with E-state index in [1.54, 1.807) is 0 Å². The highest BCUT2D eigenvalue weighted by Crippen LogP contribution is 2.34. The fourth-order valence-corrected chi connectivity index (χ4v) is 2.61. The van der Waals surface area contributed by atoms with Crippen molar-refractivity contribution in [1.29, 1.82) is 0 Å². The molecule has 2 heteroatoms. The molecular weight excluding hydrogens is 150 g/mol. The van der Waals surface area contributed by atoms with Gasteiger partial charge in [-0.25, -0.2) is 0 Å². The Morgan fingerprint density at radius 1 is 1.50 bits per heavy atom. The third kappa shape index (κ3) is 1.28. The van der Waals surface area contributed by atoms with Gasteiger partial charge in [0.15, 0.2) is 0 Å². The van der Waals surface area contributed by atoms with Gasteiger partial charge in [-0.2, -0.15) is 0 Å². The lowest BCUT2D eigenvalue weighted by atomic mass is 9.85. The Bertz CT molecular complexity index is 190. The van der Waals surface area contributed by atoms with E-state index in [0.717, 1.165) is 19.3 Å². The van der Waals surface area contributed by atoms with Crippen molar-refractivity contribution in [3.05, 3.63) is 0 Å². The lowest BCUT2D eigenvalue weighted by Gasteiger charge is -2.18. The van der Waals surface area contributed by atoms with Crippen molar-refractivity contribution in [1.82, 2.24) is 5.32 Å². The van der Waals surface area contributed by atoms with Gasteiger partial charge in [0.2, 0.25) is 0 Å². The predicted molar refractivity (Wildman–Crippen MR) is 48.0 cm³/mol. The van der Waals surface area contributed by atoms with Crippen molar-refractivity contribution in [2.24, 2.45) is 5.92 Å². The highest BCUT2D eigenvalue weighted by atomic mass is 16.1. The van der Waals surface area contributed by atoms with E-state index in [0.29, 0.717) is 23.8 Å². The van der Waals surface area contributed by atoms with E-state index in [2.05, 4.69) is 12.2 Å².